The van der Waals surface area contributed by atoms with Crippen molar-refractivity contribution < 1.29 is 18.1 Å². The van der Waals surface area contributed by atoms with E-state index in [0.717, 1.165) is 24.5 Å². The topological polar surface area (TPSA) is 89.8 Å². The van der Waals surface area contributed by atoms with E-state index in [-0.39, 0.29) is 10.6 Å². The van der Waals surface area contributed by atoms with Crippen molar-refractivity contribution in [3.05, 3.63) is 58.1 Å². The van der Waals surface area contributed by atoms with Crippen LogP contribution in [0.4, 0.5) is 11.4 Å². The Labute approximate surface area is 146 Å². The maximum absolute atomic E-state index is 13.1. The van der Waals surface area contributed by atoms with E-state index in [1.165, 1.54) is 29.6 Å². The molecule has 0 aromatic heterocycles. The minimum absolute atomic E-state index is 0.0858. The van der Waals surface area contributed by atoms with Gasteiger partial charge in [-0.2, -0.15) is 0 Å². The van der Waals surface area contributed by atoms with E-state index in [4.69, 9.17) is 4.74 Å². The quantitative estimate of drug-likeness (QED) is 0.616. The Morgan fingerprint density at radius 2 is 1.96 bits per heavy atom. The molecule has 0 aliphatic carbocycles. The molecule has 3 rings (SSSR count). The first-order valence-corrected chi connectivity index (χ1v) is 9.31. The number of sulfonamides is 1. The van der Waals surface area contributed by atoms with Crippen LogP contribution in [0.2, 0.25) is 0 Å². The number of non-ortho nitro benzene ring substituents is 1. The van der Waals surface area contributed by atoms with Gasteiger partial charge in [0.15, 0.2) is 0 Å². The first-order chi connectivity index (χ1) is 11.9. The minimum Gasteiger partial charge on any atom is -0.497 e. The maximum atomic E-state index is 13.1. The fourth-order valence-electron chi connectivity index (χ4n) is 2.94. The van der Waals surface area contributed by atoms with Gasteiger partial charge in [0.05, 0.1) is 22.6 Å². The summed E-state index contributed by atoms with van der Waals surface area (Å²) >= 11 is 0. The zero-order valence-electron chi connectivity index (χ0n) is 13.7. The third-order valence-electron chi connectivity index (χ3n) is 4.23. The fourth-order valence-corrected chi connectivity index (χ4v) is 4.51. The summed E-state index contributed by atoms with van der Waals surface area (Å²) in [5.74, 6) is 0.569. The van der Waals surface area contributed by atoms with E-state index >= 15 is 0 Å². The minimum atomic E-state index is -3.91. The monoisotopic (exact) mass is 362 g/mol. The van der Waals surface area contributed by atoms with Crippen molar-refractivity contribution in [2.75, 3.05) is 18.0 Å². The van der Waals surface area contributed by atoms with Crippen LogP contribution < -0.4 is 9.04 Å². The molecule has 0 bridgehead atoms. The SMILES string of the molecule is COc1ccc2c(c1)N(S(=O)(=O)c1cccc([N+](=O)[O-])c1)CCCC2. The number of nitro groups is 1. The molecular weight excluding hydrogens is 344 g/mol. The summed E-state index contributed by atoms with van der Waals surface area (Å²) in [4.78, 5) is 10.3. The summed E-state index contributed by atoms with van der Waals surface area (Å²) < 4.78 is 32.8. The molecule has 2 aromatic rings. The standard InChI is InChI=1S/C17H18N2O5S/c1-24-15-9-8-13-5-2-3-10-18(17(13)12-15)25(22,23)16-7-4-6-14(11-16)19(20)21/h4,6-9,11-12H,2-3,5,10H2,1H3. The highest BCUT2D eigenvalue weighted by Gasteiger charge is 2.29. The number of hydrogen-bond donors (Lipinski definition) is 0. The van der Waals surface area contributed by atoms with Crippen molar-refractivity contribution in [1.29, 1.82) is 0 Å². The van der Waals surface area contributed by atoms with Crippen molar-refractivity contribution in [3.63, 3.8) is 0 Å². The zero-order chi connectivity index (χ0) is 18.0. The van der Waals surface area contributed by atoms with Gasteiger partial charge in [-0.05, 0) is 37.0 Å². The van der Waals surface area contributed by atoms with E-state index in [1.54, 1.807) is 6.07 Å². The molecule has 2 aromatic carbocycles. The number of anilines is 1. The van der Waals surface area contributed by atoms with Crippen LogP contribution in [-0.2, 0) is 16.4 Å². The Morgan fingerprint density at radius 3 is 2.68 bits per heavy atom. The summed E-state index contributed by atoms with van der Waals surface area (Å²) in [6, 6.07) is 10.5. The highest BCUT2D eigenvalue weighted by molar-refractivity contribution is 7.92. The van der Waals surface area contributed by atoms with Gasteiger partial charge in [-0.25, -0.2) is 8.42 Å². The molecule has 0 unspecified atom stereocenters. The Hall–Kier alpha value is -2.61. The lowest BCUT2D eigenvalue weighted by molar-refractivity contribution is -0.385. The lowest BCUT2D eigenvalue weighted by Crippen LogP contribution is -2.32. The van der Waals surface area contributed by atoms with Crippen molar-refractivity contribution in [2.24, 2.45) is 0 Å². The van der Waals surface area contributed by atoms with E-state index in [1.807, 2.05) is 12.1 Å². The zero-order valence-corrected chi connectivity index (χ0v) is 14.5. The normalized spacial score (nSPS) is 14.5. The molecular formula is C17H18N2O5S. The molecule has 25 heavy (non-hydrogen) atoms. The van der Waals surface area contributed by atoms with E-state index in [9.17, 15) is 18.5 Å². The van der Waals surface area contributed by atoms with E-state index in [0.29, 0.717) is 24.4 Å². The number of hydrogen-bond acceptors (Lipinski definition) is 5. The largest absolute Gasteiger partial charge is 0.497 e. The molecule has 8 heteroatoms. The summed E-state index contributed by atoms with van der Waals surface area (Å²) in [6.45, 7) is 0.325. The molecule has 0 amide bonds. The predicted molar refractivity (Wildman–Crippen MR) is 93.6 cm³/mol. The Kier molecular flexibility index (Phi) is 4.63. The second-order valence-electron chi connectivity index (χ2n) is 5.78. The molecule has 132 valence electrons. The fraction of sp³-hybridized carbons (Fsp3) is 0.294. The molecule has 0 saturated heterocycles. The van der Waals surface area contributed by atoms with Crippen LogP contribution in [0.3, 0.4) is 0 Å². The average Bonchev–Trinajstić information content (AvgIpc) is 2.83. The van der Waals surface area contributed by atoms with Crippen molar-refractivity contribution in [3.8, 4) is 5.75 Å². The molecule has 0 spiro atoms. The molecule has 7 nitrogen and oxygen atoms in total. The molecule has 0 atom stereocenters. The summed E-state index contributed by atoms with van der Waals surface area (Å²) in [6.07, 6.45) is 2.37. The van der Waals surface area contributed by atoms with Gasteiger partial charge in [-0.3, -0.25) is 14.4 Å². The summed E-state index contributed by atoms with van der Waals surface area (Å²) in [5, 5.41) is 11.0. The van der Waals surface area contributed by atoms with Gasteiger partial charge >= 0.3 is 0 Å². The van der Waals surface area contributed by atoms with Crippen LogP contribution in [0.1, 0.15) is 18.4 Å². The van der Waals surface area contributed by atoms with Crippen LogP contribution in [0.15, 0.2) is 47.4 Å². The number of ether oxygens (including phenoxy) is 1. The molecule has 1 aliphatic heterocycles. The van der Waals surface area contributed by atoms with Gasteiger partial charge in [-0.15, -0.1) is 0 Å². The van der Waals surface area contributed by atoms with Crippen molar-refractivity contribution >= 4 is 21.4 Å². The lowest BCUT2D eigenvalue weighted by Gasteiger charge is -2.25. The third-order valence-corrected chi connectivity index (χ3v) is 6.04. The van der Waals surface area contributed by atoms with E-state index in [2.05, 4.69) is 0 Å². The first kappa shape index (κ1) is 17.2. The van der Waals surface area contributed by atoms with Crippen molar-refractivity contribution in [2.45, 2.75) is 24.2 Å². The number of nitro benzene ring substituents is 1. The number of methoxy groups -OCH3 is 1. The summed E-state index contributed by atoms with van der Waals surface area (Å²) in [5.41, 5.74) is 1.25. The van der Waals surface area contributed by atoms with Gasteiger partial charge in [-0.1, -0.05) is 12.1 Å². The van der Waals surface area contributed by atoms with Gasteiger partial charge in [0.2, 0.25) is 0 Å². The third kappa shape index (κ3) is 3.30. The molecule has 0 radical (unpaired) electrons. The maximum Gasteiger partial charge on any atom is 0.270 e. The van der Waals surface area contributed by atoms with Gasteiger partial charge in [0, 0.05) is 24.7 Å². The van der Waals surface area contributed by atoms with Gasteiger partial charge in [0.25, 0.3) is 15.7 Å². The van der Waals surface area contributed by atoms with Crippen LogP contribution >= 0.6 is 0 Å². The van der Waals surface area contributed by atoms with Crippen LogP contribution in [0.25, 0.3) is 0 Å². The smallest absolute Gasteiger partial charge is 0.270 e. The molecule has 0 saturated carbocycles. The number of benzene rings is 2. The van der Waals surface area contributed by atoms with E-state index < -0.39 is 14.9 Å². The lowest BCUT2D eigenvalue weighted by atomic mass is 10.1. The number of aryl methyl sites for hydroxylation is 1. The second-order valence-corrected chi connectivity index (χ2v) is 7.65. The van der Waals surface area contributed by atoms with Crippen molar-refractivity contribution in [1.82, 2.24) is 0 Å². The van der Waals surface area contributed by atoms with Gasteiger partial charge in [0.1, 0.15) is 5.75 Å². The number of rotatable bonds is 4. The second kappa shape index (κ2) is 6.72. The van der Waals surface area contributed by atoms with Crippen LogP contribution in [-0.4, -0.2) is 27.0 Å². The molecule has 1 heterocycles. The first-order valence-electron chi connectivity index (χ1n) is 7.87. The molecule has 0 fully saturated rings. The average molecular weight is 362 g/mol. The molecule has 1 aliphatic rings. The Balaban J connectivity index is 2.11. The van der Waals surface area contributed by atoms with Crippen LogP contribution in [0, 0.1) is 10.1 Å². The van der Waals surface area contributed by atoms with Gasteiger partial charge < -0.3 is 4.74 Å². The predicted octanol–water partition coefficient (Wildman–Crippen LogP) is 3.14. The molecule has 0 N–H and O–H groups in total. The number of fused-ring (bicyclic) bond motifs is 1. The summed E-state index contributed by atoms with van der Waals surface area (Å²) in [7, 11) is -2.38. The highest BCUT2D eigenvalue weighted by Crippen LogP contribution is 2.34. The Morgan fingerprint density at radius 1 is 1.16 bits per heavy atom. The van der Waals surface area contributed by atoms with Crippen LogP contribution in [0.5, 0.6) is 5.75 Å². The highest BCUT2D eigenvalue weighted by atomic mass is 32.2. The Bertz CT molecular complexity index is 911. The number of nitrogens with zero attached hydrogens (tertiary/aromatic N) is 2.